The molecule has 2 rings (SSSR count). The Kier molecular flexibility index (Phi) is 4.60. The van der Waals surface area contributed by atoms with Crippen molar-refractivity contribution in [2.45, 2.75) is 26.3 Å². The summed E-state index contributed by atoms with van der Waals surface area (Å²) in [5.74, 6) is -0.0138. The summed E-state index contributed by atoms with van der Waals surface area (Å²) in [7, 11) is 0. The van der Waals surface area contributed by atoms with Crippen LogP contribution in [0.1, 0.15) is 16.7 Å². The first kappa shape index (κ1) is 15.1. The van der Waals surface area contributed by atoms with Crippen LogP contribution >= 0.6 is 0 Å². The Morgan fingerprint density at radius 3 is 2.29 bits per heavy atom. The summed E-state index contributed by atoms with van der Waals surface area (Å²) in [6.07, 6.45) is 0.427. The molecule has 0 fully saturated rings. The van der Waals surface area contributed by atoms with E-state index in [1.54, 1.807) is 24.3 Å². The lowest BCUT2D eigenvalue weighted by Gasteiger charge is -2.13. The normalized spacial score (nSPS) is 12.0. The van der Waals surface area contributed by atoms with Crippen molar-refractivity contribution in [3.8, 4) is 5.75 Å². The van der Waals surface area contributed by atoms with Gasteiger partial charge in [0, 0.05) is 5.69 Å². The van der Waals surface area contributed by atoms with Gasteiger partial charge in [-0.3, -0.25) is 4.79 Å². The van der Waals surface area contributed by atoms with Crippen molar-refractivity contribution < 1.29 is 9.90 Å². The van der Waals surface area contributed by atoms with E-state index in [1.165, 1.54) is 0 Å². The number of aryl methyl sites for hydroxylation is 2. The summed E-state index contributed by atoms with van der Waals surface area (Å²) in [6.45, 7) is 3.97. The highest BCUT2D eigenvalue weighted by molar-refractivity contribution is 5.95. The van der Waals surface area contributed by atoms with Crippen molar-refractivity contribution in [2.24, 2.45) is 5.73 Å². The minimum absolute atomic E-state index is 0.201. The molecule has 21 heavy (non-hydrogen) atoms. The molecule has 0 aromatic heterocycles. The number of phenolic OH excluding ortho intramolecular Hbond substituents is 1. The Morgan fingerprint density at radius 1 is 1.14 bits per heavy atom. The number of amides is 1. The summed E-state index contributed by atoms with van der Waals surface area (Å²) in [4.78, 5) is 12.1. The second-order valence-electron chi connectivity index (χ2n) is 5.34. The van der Waals surface area contributed by atoms with Crippen LogP contribution in [0.25, 0.3) is 0 Å². The maximum atomic E-state index is 12.1. The van der Waals surface area contributed by atoms with E-state index in [-0.39, 0.29) is 11.7 Å². The molecule has 0 bridgehead atoms. The topological polar surface area (TPSA) is 75.4 Å². The maximum Gasteiger partial charge on any atom is 0.241 e. The fourth-order valence-corrected chi connectivity index (χ4v) is 2.26. The molecule has 1 amide bonds. The number of rotatable bonds is 4. The van der Waals surface area contributed by atoms with Gasteiger partial charge < -0.3 is 16.2 Å². The van der Waals surface area contributed by atoms with Crippen LogP contribution in [0.2, 0.25) is 0 Å². The lowest BCUT2D eigenvalue weighted by Crippen LogP contribution is -2.37. The van der Waals surface area contributed by atoms with Crippen LogP contribution in [-0.2, 0) is 11.2 Å². The number of benzene rings is 2. The molecule has 4 nitrogen and oxygen atoms in total. The third-order valence-electron chi connectivity index (χ3n) is 3.22. The quantitative estimate of drug-likeness (QED) is 0.807. The Hall–Kier alpha value is -2.33. The lowest BCUT2D eigenvalue weighted by atomic mass is 10.1. The van der Waals surface area contributed by atoms with Crippen LogP contribution in [0.5, 0.6) is 5.75 Å². The van der Waals surface area contributed by atoms with Gasteiger partial charge in [-0.2, -0.15) is 0 Å². The third kappa shape index (κ3) is 4.33. The predicted molar refractivity (Wildman–Crippen MR) is 84.3 cm³/mol. The highest BCUT2D eigenvalue weighted by atomic mass is 16.3. The van der Waals surface area contributed by atoms with Crippen molar-refractivity contribution >= 4 is 11.6 Å². The van der Waals surface area contributed by atoms with Crippen molar-refractivity contribution in [1.29, 1.82) is 0 Å². The standard InChI is InChI=1S/C17H20N2O2/c1-11-7-12(2)9-14(8-11)19-17(21)16(18)10-13-3-5-15(20)6-4-13/h3-9,16,20H,10,18H2,1-2H3,(H,19,21). The van der Waals surface area contributed by atoms with E-state index in [0.29, 0.717) is 6.42 Å². The van der Waals surface area contributed by atoms with E-state index in [2.05, 4.69) is 5.32 Å². The van der Waals surface area contributed by atoms with Gasteiger partial charge in [0.05, 0.1) is 6.04 Å². The Labute approximate surface area is 124 Å². The Balaban J connectivity index is 2.00. The molecule has 0 saturated heterocycles. The minimum Gasteiger partial charge on any atom is -0.508 e. The van der Waals surface area contributed by atoms with Crippen LogP contribution in [0.15, 0.2) is 42.5 Å². The van der Waals surface area contributed by atoms with Gasteiger partial charge in [-0.25, -0.2) is 0 Å². The number of phenols is 1. The largest absolute Gasteiger partial charge is 0.508 e. The van der Waals surface area contributed by atoms with E-state index < -0.39 is 6.04 Å². The Morgan fingerprint density at radius 2 is 1.71 bits per heavy atom. The first-order valence-electron chi connectivity index (χ1n) is 6.86. The van der Waals surface area contributed by atoms with Crippen LogP contribution in [0.3, 0.4) is 0 Å². The number of aromatic hydroxyl groups is 1. The molecule has 0 spiro atoms. The van der Waals surface area contributed by atoms with Gasteiger partial charge in [0.25, 0.3) is 0 Å². The molecule has 110 valence electrons. The zero-order valence-corrected chi connectivity index (χ0v) is 12.3. The number of hydrogen-bond acceptors (Lipinski definition) is 3. The SMILES string of the molecule is Cc1cc(C)cc(NC(=O)C(N)Cc2ccc(O)cc2)c1. The van der Waals surface area contributed by atoms with Crippen molar-refractivity contribution in [3.63, 3.8) is 0 Å². The molecule has 0 radical (unpaired) electrons. The van der Waals surface area contributed by atoms with Gasteiger partial charge in [-0.05, 0) is 61.2 Å². The number of nitrogens with one attached hydrogen (secondary N) is 1. The van der Waals surface area contributed by atoms with E-state index in [0.717, 1.165) is 22.4 Å². The molecular weight excluding hydrogens is 264 g/mol. The van der Waals surface area contributed by atoms with E-state index >= 15 is 0 Å². The summed E-state index contributed by atoms with van der Waals surface area (Å²) >= 11 is 0. The minimum atomic E-state index is -0.629. The van der Waals surface area contributed by atoms with E-state index in [4.69, 9.17) is 5.73 Å². The molecule has 2 aromatic carbocycles. The van der Waals surface area contributed by atoms with Crippen molar-refractivity contribution in [2.75, 3.05) is 5.32 Å². The van der Waals surface area contributed by atoms with Gasteiger partial charge in [0.15, 0.2) is 0 Å². The van der Waals surface area contributed by atoms with Gasteiger partial charge >= 0.3 is 0 Å². The van der Waals surface area contributed by atoms with Crippen LogP contribution in [-0.4, -0.2) is 17.1 Å². The lowest BCUT2D eigenvalue weighted by molar-refractivity contribution is -0.117. The molecule has 4 heteroatoms. The highest BCUT2D eigenvalue weighted by Crippen LogP contribution is 2.15. The number of carbonyl (C=O) groups is 1. The smallest absolute Gasteiger partial charge is 0.241 e. The number of carbonyl (C=O) groups excluding carboxylic acids is 1. The van der Waals surface area contributed by atoms with Crippen molar-refractivity contribution in [1.82, 2.24) is 0 Å². The van der Waals surface area contributed by atoms with Gasteiger partial charge in [0.1, 0.15) is 5.75 Å². The number of nitrogens with two attached hydrogens (primary N) is 1. The molecule has 0 aliphatic rings. The first-order chi connectivity index (χ1) is 9.94. The number of anilines is 1. The van der Waals surface area contributed by atoms with Crippen molar-refractivity contribution in [3.05, 3.63) is 59.2 Å². The fraction of sp³-hybridized carbons (Fsp3) is 0.235. The first-order valence-corrected chi connectivity index (χ1v) is 6.86. The summed E-state index contributed by atoms with van der Waals surface area (Å²) in [5, 5.41) is 12.1. The molecule has 0 heterocycles. The Bertz CT molecular complexity index is 615. The second kappa shape index (κ2) is 6.41. The zero-order valence-electron chi connectivity index (χ0n) is 12.3. The summed E-state index contributed by atoms with van der Waals surface area (Å²) < 4.78 is 0. The third-order valence-corrected chi connectivity index (χ3v) is 3.22. The van der Waals surface area contributed by atoms with Gasteiger partial charge in [-0.15, -0.1) is 0 Å². The summed E-state index contributed by atoms with van der Waals surface area (Å²) in [5.41, 5.74) is 9.80. The molecular formula is C17H20N2O2. The van der Waals surface area contributed by atoms with Gasteiger partial charge in [0.2, 0.25) is 5.91 Å². The molecule has 0 aliphatic carbocycles. The van der Waals surface area contributed by atoms with Crippen LogP contribution in [0, 0.1) is 13.8 Å². The van der Waals surface area contributed by atoms with Gasteiger partial charge in [-0.1, -0.05) is 18.2 Å². The average Bonchev–Trinajstić information content (AvgIpc) is 2.40. The molecule has 4 N–H and O–H groups in total. The van der Waals surface area contributed by atoms with E-state index in [9.17, 15) is 9.90 Å². The van der Waals surface area contributed by atoms with E-state index in [1.807, 2.05) is 32.0 Å². The fourth-order valence-electron chi connectivity index (χ4n) is 2.26. The molecule has 2 aromatic rings. The predicted octanol–water partition coefficient (Wildman–Crippen LogP) is 2.52. The average molecular weight is 284 g/mol. The van der Waals surface area contributed by atoms with Crippen LogP contribution in [0.4, 0.5) is 5.69 Å². The monoisotopic (exact) mass is 284 g/mol. The number of hydrogen-bond donors (Lipinski definition) is 3. The molecule has 1 atom stereocenters. The molecule has 1 unspecified atom stereocenters. The summed E-state index contributed by atoms with van der Waals surface area (Å²) in [6, 6.07) is 11.9. The highest BCUT2D eigenvalue weighted by Gasteiger charge is 2.14. The van der Waals surface area contributed by atoms with Crippen LogP contribution < -0.4 is 11.1 Å². The second-order valence-corrected chi connectivity index (χ2v) is 5.34. The molecule has 0 saturated carbocycles. The maximum absolute atomic E-state index is 12.1. The molecule has 0 aliphatic heterocycles. The zero-order chi connectivity index (χ0) is 15.4.